The van der Waals surface area contributed by atoms with E-state index in [0.29, 0.717) is 43.4 Å². The van der Waals surface area contributed by atoms with E-state index in [1.54, 1.807) is 64.7 Å². The number of methoxy groups -OCH3 is 1. The number of cyclic esters (lactones) is 1. The van der Waals surface area contributed by atoms with Gasteiger partial charge in [-0.3, -0.25) is 14.3 Å². The first kappa shape index (κ1) is 61.0. The number of oxime groups is 1. The number of nitrogens with zero attached hydrogens (tertiary/aromatic N) is 5. The maximum atomic E-state index is 14.4. The van der Waals surface area contributed by atoms with Crippen LogP contribution >= 0.6 is 0 Å². The summed E-state index contributed by atoms with van der Waals surface area (Å²) in [5.74, 6) is -4.92. The molecule has 0 radical (unpaired) electrons. The number of carbonyl (C=O) groups excluding carboxylic acids is 1. The van der Waals surface area contributed by atoms with Gasteiger partial charge in [0.15, 0.2) is 12.6 Å². The van der Waals surface area contributed by atoms with Crippen LogP contribution in [0.3, 0.4) is 0 Å². The number of aryl methyl sites for hydroxylation is 1. The summed E-state index contributed by atoms with van der Waals surface area (Å²) < 4.78 is 46.8. The average Bonchev–Trinajstić information content (AvgIpc) is 3.32. The van der Waals surface area contributed by atoms with Crippen molar-refractivity contribution < 1.29 is 73.5 Å². The molecule has 0 bridgehead atoms. The third-order valence-electron chi connectivity index (χ3n) is 15.7. The molecule has 1 aromatic carbocycles. The Hall–Kier alpha value is -3.84. The number of rotatable bonds is 17. The van der Waals surface area contributed by atoms with Crippen LogP contribution in [0.1, 0.15) is 110 Å². The molecular weight excluding hydrogens is 963 g/mol. The van der Waals surface area contributed by atoms with Gasteiger partial charge < -0.3 is 78.7 Å². The summed E-state index contributed by atoms with van der Waals surface area (Å²) >= 11 is 0. The molecule has 0 unspecified atom stereocenters. The molecule has 21 nitrogen and oxygen atoms in total. The Balaban J connectivity index is 1.35. The topological polar surface area (TPSA) is 264 Å². The highest BCUT2D eigenvalue weighted by Gasteiger charge is 2.54. The molecule has 0 amide bonds. The van der Waals surface area contributed by atoms with Crippen LogP contribution in [0.2, 0.25) is 0 Å². The van der Waals surface area contributed by atoms with Crippen molar-refractivity contribution in [2.75, 3.05) is 67.1 Å². The van der Waals surface area contributed by atoms with Crippen molar-refractivity contribution in [3.8, 4) is 0 Å². The molecule has 6 N–H and O–H groups in total. The Morgan fingerprint density at radius 3 is 2.22 bits per heavy atom. The molecule has 2 aromatic rings. The standard InChI is InChI=1S/C53H87N5O16/c1-16-39-53(9,66)45(61)41(54-67)29(2)26-51(7,65)46(74-50-43(60)38(55(10)11)24-30(3)70-50)31(4)44(32(5)49(64)72-39)73-40-27-52(8,68-15)47(33(6)71-40)69-23-22-57(14)21-17-18-34-19-20-37-35(25-34)42(59)36(48(62)63)28-58(37)56(12)13/h19-20,25,28-33,38-40,43-47,50,60-61,65-67H,16-18,21-24,26-27H2,1-15H3,(H,62,63)/b54-41+/t29-,30-,31+,32-,33+,38+,39-,40+,43-,44+,45-,46-,47+,50+,51-,52-,53-/m1/s1. The summed E-state index contributed by atoms with van der Waals surface area (Å²) in [6, 6.07) is 5.20. The molecule has 1 aromatic heterocycles. The lowest BCUT2D eigenvalue weighted by Crippen LogP contribution is -2.61. The van der Waals surface area contributed by atoms with Crippen LogP contribution in [0, 0.1) is 17.8 Å². The van der Waals surface area contributed by atoms with Gasteiger partial charge >= 0.3 is 11.9 Å². The predicted molar refractivity (Wildman–Crippen MR) is 276 cm³/mol. The quantitative estimate of drug-likeness (QED) is 0.0755. The van der Waals surface area contributed by atoms with Crippen LogP contribution < -0.4 is 10.4 Å². The third kappa shape index (κ3) is 13.6. The fraction of sp³-hybridized carbons (Fsp3) is 0.774. The lowest BCUT2D eigenvalue weighted by atomic mass is 9.75. The van der Waals surface area contributed by atoms with Crippen LogP contribution in [0.5, 0.6) is 0 Å². The Bertz CT molecular complexity index is 2290. The minimum absolute atomic E-state index is 0.0835. The minimum atomic E-state index is -2.13. The molecule has 3 aliphatic heterocycles. The van der Waals surface area contributed by atoms with Crippen LogP contribution in [0.4, 0.5) is 0 Å². The van der Waals surface area contributed by atoms with Gasteiger partial charge in [0, 0.05) is 63.6 Å². The smallest absolute Gasteiger partial charge is 0.341 e. The molecule has 5 rings (SSSR count). The van der Waals surface area contributed by atoms with E-state index in [1.807, 2.05) is 58.9 Å². The van der Waals surface area contributed by atoms with E-state index in [1.165, 1.54) is 20.0 Å². The number of carboxylic acids is 1. The number of ether oxygens (including phenoxy) is 7. The zero-order valence-corrected chi connectivity index (χ0v) is 46.3. The predicted octanol–water partition coefficient (Wildman–Crippen LogP) is 3.21. The van der Waals surface area contributed by atoms with E-state index in [2.05, 4.69) is 10.1 Å². The number of fused-ring (bicyclic) bond motifs is 1. The van der Waals surface area contributed by atoms with Crippen molar-refractivity contribution in [1.29, 1.82) is 0 Å². The number of aromatic carboxylic acids is 1. The summed E-state index contributed by atoms with van der Waals surface area (Å²) in [7, 11) is 10.8. The summed E-state index contributed by atoms with van der Waals surface area (Å²) in [6.07, 6.45) is -6.98. The van der Waals surface area contributed by atoms with Crippen molar-refractivity contribution in [3.63, 3.8) is 0 Å². The number of likely N-dealkylation sites (N-methyl/N-ethyl adjacent to an activating group) is 2. The fourth-order valence-electron chi connectivity index (χ4n) is 11.3. The number of hydrogen-bond acceptors (Lipinski definition) is 19. The number of pyridine rings is 1. The molecule has 3 aliphatic rings. The van der Waals surface area contributed by atoms with Crippen molar-refractivity contribution >= 4 is 28.6 Å². The first-order valence-electron chi connectivity index (χ1n) is 26.0. The molecule has 74 heavy (non-hydrogen) atoms. The van der Waals surface area contributed by atoms with Gasteiger partial charge in [-0.25, -0.2) is 4.79 Å². The van der Waals surface area contributed by atoms with Crippen LogP contribution in [-0.4, -0.2) is 209 Å². The van der Waals surface area contributed by atoms with E-state index in [-0.39, 0.29) is 42.7 Å². The first-order valence-corrected chi connectivity index (χ1v) is 26.0. The van der Waals surface area contributed by atoms with Gasteiger partial charge in [0.2, 0.25) is 5.43 Å². The molecular formula is C53H87N5O16. The number of benzene rings is 1. The van der Waals surface area contributed by atoms with Gasteiger partial charge in [0.25, 0.3) is 0 Å². The van der Waals surface area contributed by atoms with Crippen molar-refractivity contribution in [3.05, 3.63) is 45.7 Å². The van der Waals surface area contributed by atoms with E-state index < -0.39 is 107 Å². The maximum Gasteiger partial charge on any atom is 0.341 e. The SMILES string of the molecule is CC[C@H]1OC(=O)[C@H](C)[C@@H](O[C@H]2C[C@@](C)(OC)[C@@H](OCCN(C)CCCc3ccc4c(c3)c(=O)c(C(=O)O)cn4N(C)C)[C@H](C)O2)[C@H](C)[C@@H](O[C@@H]2O[C@H](C)C[C@H](N(C)C)[C@H]2O)[C@](C)(O)C[C@@H](C)/C(=N\O)[C@@H](O)[C@]1(C)O. The monoisotopic (exact) mass is 1050 g/mol. The molecule has 4 heterocycles. The lowest BCUT2D eigenvalue weighted by Gasteiger charge is -2.49. The summed E-state index contributed by atoms with van der Waals surface area (Å²) in [6.45, 7) is 16.7. The van der Waals surface area contributed by atoms with Crippen LogP contribution in [0.15, 0.2) is 34.3 Å². The molecule has 17 atom stereocenters. The number of esters is 1. The first-order chi connectivity index (χ1) is 34.5. The Kier molecular flexibility index (Phi) is 20.7. The molecule has 0 spiro atoms. The van der Waals surface area contributed by atoms with Gasteiger partial charge in [-0.2, -0.15) is 0 Å². The van der Waals surface area contributed by atoms with Gasteiger partial charge in [0.05, 0.1) is 59.4 Å². The normalized spacial score (nSPS) is 37.4. The van der Waals surface area contributed by atoms with Gasteiger partial charge in [0.1, 0.15) is 35.6 Å². The van der Waals surface area contributed by atoms with Gasteiger partial charge in [-0.05, 0) is 119 Å². The van der Waals surface area contributed by atoms with E-state index >= 15 is 0 Å². The Morgan fingerprint density at radius 1 is 0.946 bits per heavy atom. The van der Waals surface area contributed by atoms with Gasteiger partial charge in [-0.15, -0.1) is 0 Å². The zero-order valence-electron chi connectivity index (χ0n) is 46.3. The number of carbonyl (C=O) groups is 2. The zero-order chi connectivity index (χ0) is 55.4. The van der Waals surface area contributed by atoms with Crippen molar-refractivity contribution in [2.24, 2.45) is 22.9 Å². The summed E-state index contributed by atoms with van der Waals surface area (Å²) in [5.41, 5.74) is -4.47. The molecule has 0 aliphatic carbocycles. The Morgan fingerprint density at radius 2 is 1.62 bits per heavy atom. The molecule has 3 saturated heterocycles. The average molecular weight is 1050 g/mol. The van der Waals surface area contributed by atoms with E-state index in [0.717, 1.165) is 12.0 Å². The van der Waals surface area contributed by atoms with Crippen LogP contribution in [-0.2, 0) is 44.4 Å². The number of hydrogen-bond donors (Lipinski definition) is 6. The highest BCUT2D eigenvalue weighted by atomic mass is 16.7. The third-order valence-corrected chi connectivity index (χ3v) is 15.7. The fourth-order valence-corrected chi connectivity index (χ4v) is 11.3. The van der Waals surface area contributed by atoms with Gasteiger partial charge in [-0.1, -0.05) is 32.0 Å². The van der Waals surface area contributed by atoms with E-state index in [4.69, 9.17) is 33.2 Å². The molecule has 21 heteroatoms. The Labute approximate surface area is 436 Å². The second kappa shape index (κ2) is 25.1. The summed E-state index contributed by atoms with van der Waals surface area (Å²) in [4.78, 5) is 43.4. The molecule has 3 fully saturated rings. The van der Waals surface area contributed by atoms with Crippen LogP contribution in [0.25, 0.3) is 10.9 Å². The maximum absolute atomic E-state index is 14.4. The number of carboxylic acid groups (broad SMARTS) is 1. The number of aliphatic hydroxyl groups excluding tert-OH is 2. The van der Waals surface area contributed by atoms with Crippen molar-refractivity contribution in [2.45, 2.75) is 185 Å². The number of aliphatic hydroxyl groups is 4. The minimum Gasteiger partial charge on any atom is -0.477 e. The molecule has 0 saturated carbocycles. The second-order valence-corrected chi connectivity index (χ2v) is 22.2. The van der Waals surface area contributed by atoms with Crippen molar-refractivity contribution in [1.82, 2.24) is 14.5 Å². The lowest BCUT2D eigenvalue weighted by molar-refractivity contribution is -0.320. The largest absolute Gasteiger partial charge is 0.477 e. The van der Waals surface area contributed by atoms with E-state index in [9.17, 15) is 45.1 Å². The highest BCUT2D eigenvalue weighted by Crippen LogP contribution is 2.41. The second-order valence-electron chi connectivity index (χ2n) is 22.2. The highest BCUT2D eigenvalue weighted by molar-refractivity contribution is 5.93. The summed E-state index contributed by atoms with van der Waals surface area (Å²) in [5, 5.41) is 73.2. The number of aromatic nitrogens is 1. The molecule has 420 valence electrons.